The van der Waals surface area contributed by atoms with E-state index in [4.69, 9.17) is 10.5 Å². The van der Waals surface area contributed by atoms with Crippen molar-refractivity contribution < 1.29 is 17.5 Å². The normalized spacial score (nSPS) is 21.0. The predicted octanol–water partition coefficient (Wildman–Crippen LogP) is 1.84. The van der Waals surface area contributed by atoms with Gasteiger partial charge in [-0.05, 0) is 37.2 Å². The molecule has 1 spiro atoms. The molecule has 1 aromatic heterocycles. The molecule has 0 radical (unpaired) electrons. The molecular formula is C16H22FN3O3S. The number of hydrogen-bond acceptors (Lipinski definition) is 5. The van der Waals surface area contributed by atoms with E-state index in [1.165, 1.54) is 35.5 Å². The number of rotatable bonds is 6. The third-order valence-corrected chi connectivity index (χ3v) is 6.79. The highest BCUT2D eigenvalue weighted by Crippen LogP contribution is 2.54. The molecule has 2 aliphatic rings. The molecule has 0 atom stereocenters. The molecular weight excluding hydrogens is 333 g/mol. The van der Waals surface area contributed by atoms with Crippen LogP contribution < -0.4 is 10.5 Å². The van der Waals surface area contributed by atoms with Gasteiger partial charge in [0.05, 0.1) is 12.5 Å². The van der Waals surface area contributed by atoms with Crippen LogP contribution in [0.25, 0.3) is 0 Å². The molecule has 24 heavy (non-hydrogen) atoms. The summed E-state index contributed by atoms with van der Waals surface area (Å²) < 4.78 is 44.6. The molecule has 1 aliphatic carbocycles. The maximum absolute atomic E-state index is 12.7. The van der Waals surface area contributed by atoms with E-state index in [0.29, 0.717) is 30.4 Å². The topological polar surface area (TPSA) is 85.5 Å². The molecule has 1 aromatic rings. The molecule has 1 saturated heterocycles. The zero-order valence-corrected chi connectivity index (χ0v) is 14.3. The van der Waals surface area contributed by atoms with Gasteiger partial charge in [-0.3, -0.25) is 0 Å². The molecule has 8 heteroatoms. The monoisotopic (exact) mass is 355 g/mol. The second-order valence-electron chi connectivity index (χ2n) is 6.50. The summed E-state index contributed by atoms with van der Waals surface area (Å²) in [7, 11) is -3.52. The van der Waals surface area contributed by atoms with Crippen molar-refractivity contribution in [1.29, 1.82) is 0 Å². The number of aromatic nitrogens is 1. The zero-order chi connectivity index (χ0) is 17.2. The summed E-state index contributed by atoms with van der Waals surface area (Å²) >= 11 is 0. The average molecular weight is 355 g/mol. The van der Waals surface area contributed by atoms with Gasteiger partial charge in [0.25, 0.3) is 0 Å². The van der Waals surface area contributed by atoms with Crippen LogP contribution in [0, 0.1) is 5.41 Å². The van der Waals surface area contributed by atoms with E-state index in [-0.39, 0.29) is 23.9 Å². The average Bonchev–Trinajstić information content (AvgIpc) is 3.35. The third-order valence-electron chi connectivity index (χ3n) is 4.91. The Kier molecular flexibility index (Phi) is 4.89. The third kappa shape index (κ3) is 3.60. The summed E-state index contributed by atoms with van der Waals surface area (Å²) in [6.45, 7) is 1.18. The molecule has 3 rings (SSSR count). The lowest BCUT2D eigenvalue weighted by Gasteiger charge is -2.31. The Morgan fingerprint density at radius 3 is 2.54 bits per heavy atom. The van der Waals surface area contributed by atoms with Gasteiger partial charge in [0, 0.05) is 31.3 Å². The molecule has 6 nitrogen and oxygen atoms in total. The van der Waals surface area contributed by atoms with Crippen LogP contribution in [0.5, 0.6) is 5.88 Å². The van der Waals surface area contributed by atoms with E-state index in [0.717, 1.165) is 12.8 Å². The molecule has 2 heterocycles. The molecule has 1 aliphatic heterocycles. The quantitative estimate of drug-likeness (QED) is 0.841. The SMILES string of the molecule is NC/C(=C/F)COc1ccc(S(=O)(=O)N2CCC3(CC2)CC3)cn1. The smallest absolute Gasteiger partial charge is 0.244 e. The van der Waals surface area contributed by atoms with Crippen molar-refractivity contribution >= 4 is 10.0 Å². The fourth-order valence-electron chi connectivity index (χ4n) is 2.93. The van der Waals surface area contributed by atoms with Crippen molar-refractivity contribution in [2.75, 3.05) is 26.2 Å². The highest BCUT2D eigenvalue weighted by atomic mass is 32.2. The Bertz CT molecular complexity index is 705. The maximum atomic E-state index is 12.7. The Morgan fingerprint density at radius 1 is 1.33 bits per heavy atom. The van der Waals surface area contributed by atoms with Crippen molar-refractivity contribution in [3.8, 4) is 5.88 Å². The number of nitrogens with two attached hydrogens (primary N) is 1. The number of halogens is 1. The summed E-state index contributed by atoms with van der Waals surface area (Å²) in [6, 6.07) is 2.95. The fraction of sp³-hybridized carbons (Fsp3) is 0.562. The first-order valence-electron chi connectivity index (χ1n) is 8.06. The van der Waals surface area contributed by atoms with Crippen LogP contribution in [0.1, 0.15) is 25.7 Å². The van der Waals surface area contributed by atoms with Gasteiger partial charge < -0.3 is 10.5 Å². The van der Waals surface area contributed by atoms with Gasteiger partial charge in [-0.2, -0.15) is 4.31 Å². The molecule has 1 saturated carbocycles. The van der Waals surface area contributed by atoms with E-state index in [1.54, 1.807) is 0 Å². The first-order valence-corrected chi connectivity index (χ1v) is 9.50. The lowest BCUT2D eigenvalue weighted by Crippen LogP contribution is -2.39. The Labute approximate surface area is 141 Å². The number of pyridine rings is 1. The van der Waals surface area contributed by atoms with Gasteiger partial charge in [-0.1, -0.05) is 0 Å². The first kappa shape index (κ1) is 17.3. The summed E-state index contributed by atoms with van der Waals surface area (Å²) in [6.07, 6.45) is 6.03. The van der Waals surface area contributed by atoms with Crippen molar-refractivity contribution in [2.24, 2.45) is 11.1 Å². The largest absolute Gasteiger partial charge is 0.473 e. The molecule has 0 unspecified atom stereocenters. The number of piperidine rings is 1. The van der Waals surface area contributed by atoms with Crippen LogP contribution in [-0.4, -0.2) is 43.9 Å². The van der Waals surface area contributed by atoms with E-state index in [2.05, 4.69) is 4.98 Å². The Hall–Kier alpha value is -1.51. The van der Waals surface area contributed by atoms with E-state index >= 15 is 0 Å². The number of hydrogen-bond donors (Lipinski definition) is 1. The molecule has 0 aromatic carbocycles. The van der Waals surface area contributed by atoms with Gasteiger partial charge in [0.15, 0.2) is 0 Å². The highest BCUT2D eigenvalue weighted by molar-refractivity contribution is 7.89. The second-order valence-corrected chi connectivity index (χ2v) is 8.43. The number of ether oxygens (including phenoxy) is 1. The van der Waals surface area contributed by atoms with Crippen molar-refractivity contribution in [3.05, 3.63) is 30.2 Å². The van der Waals surface area contributed by atoms with E-state index in [9.17, 15) is 12.8 Å². The van der Waals surface area contributed by atoms with Gasteiger partial charge in [0.2, 0.25) is 15.9 Å². The van der Waals surface area contributed by atoms with Gasteiger partial charge in [-0.15, -0.1) is 0 Å². The van der Waals surface area contributed by atoms with Crippen LogP contribution in [0.3, 0.4) is 0 Å². The molecule has 0 amide bonds. The summed E-state index contributed by atoms with van der Waals surface area (Å²) in [4.78, 5) is 4.16. The van der Waals surface area contributed by atoms with Crippen LogP contribution in [-0.2, 0) is 10.0 Å². The zero-order valence-electron chi connectivity index (χ0n) is 13.4. The Balaban J connectivity index is 1.63. The maximum Gasteiger partial charge on any atom is 0.244 e. The predicted molar refractivity (Wildman–Crippen MR) is 87.6 cm³/mol. The minimum atomic E-state index is -3.52. The minimum absolute atomic E-state index is 0.0136. The van der Waals surface area contributed by atoms with Crippen molar-refractivity contribution in [2.45, 2.75) is 30.6 Å². The van der Waals surface area contributed by atoms with Crippen molar-refractivity contribution in [3.63, 3.8) is 0 Å². The summed E-state index contributed by atoms with van der Waals surface area (Å²) in [5, 5.41) is 0. The lowest BCUT2D eigenvalue weighted by atomic mass is 9.95. The van der Waals surface area contributed by atoms with Crippen LogP contribution in [0.2, 0.25) is 0 Å². The second kappa shape index (κ2) is 6.78. The van der Waals surface area contributed by atoms with Crippen LogP contribution >= 0.6 is 0 Å². The number of nitrogens with zero attached hydrogens (tertiary/aromatic N) is 2. The highest BCUT2D eigenvalue weighted by Gasteiger charge is 2.46. The lowest BCUT2D eigenvalue weighted by molar-refractivity contribution is 0.258. The molecule has 0 bridgehead atoms. The van der Waals surface area contributed by atoms with Gasteiger partial charge >= 0.3 is 0 Å². The first-order chi connectivity index (χ1) is 11.5. The Morgan fingerprint density at radius 2 is 2.04 bits per heavy atom. The molecule has 2 N–H and O–H groups in total. The van der Waals surface area contributed by atoms with Gasteiger partial charge in [-0.25, -0.2) is 17.8 Å². The molecule has 2 fully saturated rings. The number of sulfonamides is 1. The van der Waals surface area contributed by atoms with Crippen LogP contribution in [0.15, 0.2) is 35.1 Å². The van der Waals surface area contributed by atoms with Crippen molar-refractivity contribution in [1.82, 2.24) is 9.29 Å². The standard InChI is InChI=1S/C16H22FN3O3S/c17-9-13(10-18)12-23-15-2-1-14(11-19-15)24(21,22)20-7-5-16(3-4-16)6-8-20/h1-2,9,11H,3-8,10,12,18H2/b13-9-. The van der Waals surface area contributed by atoms with Crippen LogP contribution in [0.4, 0.5) is 4.39 Å². The van der Waals surface area contributed by atoms with E-state index in [1.807, 2.05) is 0 Å². The van der Waals surface area contributed by atoms with Gasteiger partial charge in [0.1, 0.15) is 11.5 Å². The molecule has 132 valence electrons. The van der Waals surface area contributed by atoms with E-state index < -0.39 is 10.0 Å². The summed E-state index contributed by atoms with van der Waals surface area (Å²) in [5.41, 5.74) is 6.07. The minimum Gasteiger partial charge on any atom is -0.473 e. The fourth-order valence-corrected chi connectivity index (χ4v) is 4.32. The summed E-state index contributed by atoms with van der Waals surface area (Å²) in [5.74, 6) is 0.234.